The number of oxazole rings is 2. The number of nitrogens with zero attached hydrogens (tertiary/aromatic N) is 16. The Morgan fingerprint density at radius 1 is 0.296 bits per heavy atom. The van der Waals surface area contributed by atoms with Gasteiger partial charge in [-0.15, -0.1) is 11.3 Å². The monoisotopic (exact) mass is 1830 g/mol. The molecule has 0 spiro atoms. The van der Waals surface area contributed by atoms with Crippen LogP contribution in [0, 0.1) is 0 Å². The van der Waals surface area contributed by atoms with Crippen LogP contribution in [0.4, 0.5) is 0 Å². The van der Waals surface area contributed by atoms with Crippen LogP contribution < -0.4 is 0 Å². The predicted molar refractivity (Wildman–Crippen MR) is 563 cm³/mol. The van der Waals surface area contributed by atoms with E-state index in [1.165, 1.54) is 58.6 Å². The fraction of sp³-hybridized carbons (Fsp3) is 0.274. The van der Waals surface area contributed by atoms with Crippen molar-refractivity contribution in [2.45, 2.75) is 205 Å². The molecule has 0 atom stereocenters. The molecule has 0 radical (unpaired) electrons. The van der Waals surface area contributed by atoms with Crippen molar-refractivity contribution in [1.29, 1.82) is 0 Å². The van der Waals surface area contributed by atoms with Gasteiger partial charge in [0.25, 0.3) is 0 Å². The lowest BCUT2D eigenvalue weighted by molar-refractivity contribution is 0.501. The Labute approximate surface area is 800 Å². The molecule has 135 heavy (non-hydrogen) atoms. The fourth-order valence-electron chi connectivity index (χ4n) is 13.8. The SMILES string of the molecule is CC(C)c1ccc2ccccc2n1.CC(C)c1cccc2cccnc12.CC(C)c1nc2ccccc2[nH]1.CC(C)c1nc2ccccc2o1.CC(C)c1nc2ccccc2s1.CC(C)c1nc2cccnc2s1.CC(C)c1nc2ncccc2[nH]1.CC(C)c1nc2ncccc2o1.CC(C)c1nccc2ccccc12.CCc1cnc2ccccc2n1.CCc1ncnc2ccccc12. The minimum Gasteiger partial charge on any atom is -0.440 e. The van der Waals surface area contributed by atoms with Gasteiger partial charge in [-0.25, -0.2) is 54.8 Å². The van der Waals surface area contributed by atoms with E-state index in [4.69, 9.17) is 8.83 Å². The van der Waals surface area contributed by atoms with E-state index in [0.717, 1.165) is 130 Å². The van der Waals surface area contributed by atoms with E-state index in [2.05, 4.69) is 317 Å². The summed E-state index contributed by atoms with van der Waals surface area (Å²) >= 11 is 3.48. The van der Waals surface area contributed by atoms with E-state index in [1.807, 2.05) is 190 Å². The summed E-state index contributed by atoms with van der Waals surface area (Å²) < 4.78 is 12.3. The Morgan fingerprint density at radius 3 is 1.50 bits per heavy atom. The number of H-pyrrole nitrogens is 2. The van der Waals surface area contributed by atoms with Crippen molar-refractivity contribution >= 4 is 142 Å². The molecule has 0 saturated carbocycles. The number of hydrogen-bond donors (Lipinski definition) is 2. The predicted octanol–water partition coefficient (Wildman–Crippen LogP) is 30.8. The summed E-state index contributed by atoms with van der Waals surface area (Å²) in [4.78, 5) is 76.9. The normalized spacial score (nSPS) is 11.0. The molecule has 2 N–H and O–H groups in total. The van der Waals surface area contributed by atoms with Crippen LogP contribution >= 0.6 is 22.7 Å². The first-order valence-electron chi connectivity index (χ1n) is 46.6. The average Bonchev–Trinajstić information content (AvgIpc) is 1.81. The standard InChI is InChI=1S/3C12H13N.C10H12N2.2C10H10N2.C10H11NO.C10H11NS.C9H11N3.C9H10N2O.C9H10N2S/c1-9(2)11-7-3-5-10-6-4-8-13-12(10)11;1-9(2)11-8-7-10-5-3-4-6-12(10)13-11;1-9(2)12-11-6-4-3-5-10(11)7-8-13-12;1-7(2)10-11-8-5-3-4-6-9(8)12-10;1-2-9-8-5-3-4-6-10(8)12-7-11-9;1-2-8-7-11-9-5-3-4-6-10(9)12-8;2*1-7(2)10-11-8-5-3-4-6-9(8)12-10;1-6(2)8-11-7-4-3-5-10-9(7)12-8;1-6(2)9-11-8-7(12-9)4-3-5-10-8;1-6(2)8-11-7-4-3-5-10-9(7)12-8/h3*3-9H,1-2H3;3-7H,1-2H3,(H,11,12);2*3-7H,2H2,1H3;2*3-7H,1-2H3;3-6H,1-2H3,(H,10,11,12);2*3-6H,1-2H3. The molecular weight excluding hydrogens is 1710 g/mol. The number of pyridine rings is 6. The van der Waals surface area contributed by atoms with Crippen molar-refractivity contribution in [3.63, 3.8) is 0 Å². The lowest BCUT2D eigenvalue weighted by Crippen LogP contribution is -1.92. The van der Waals surface area contributed by atoms with Gasteiger partial charge in [0.1, 0.15) is 33.8 Å². The summed E-state index contributed by atoms with van der Waals surface area (Å²) in [5.74, 6) is 7.80. The summed E-state index contributed by atoms with van der Waals surface area (Å²) in [6.07, 6.45) is 14.4. The van der Waals surface area contributed by atoms with Crippen LogP contribution in [-0.4, -0.2) is 89.7 Å². The summed E-state index contributed by atoms with van der Waals surface area (Å²) in [5, 5.41) is 8.57. The quantitative estimate of drug-likeness (QED) is 0.122. The van der Waals surface area contributed by atoms with Crippen molar-refractivity contribution in [1.82, 2.24) is 89.7 Å². The molecule has 22 heteroatoms. The number of rotatable bonds is 11. The van der Waals surface area contributed by atoms with Crippen LogP contribution in [0.25, 0.3) is 120 Å². The zero-order valence-corrected chi connectivity index (χ0v) is 82.8. The van der Waals surface area contributed by atoms with E-state index in [-0.39, 0.29) is 0 Å². The number of aromatic amines is 2. The van der Waals surface area contributed by atoms with E-state index in [9.17, 15) is 0 Å². The topological polar surface area (TPSA) is 264 Å². The number of nitrogens with one attached hydrogen (secondary N) is 2. The van der Waals surface area contributed by atoms with Crippen LogP contribution in [0.1, 0.15) is 254 Å². The highest BCUT2D eigenvalue weighted by Crippen LogP contribution is 2.31. The number of thiazole rings is 2. The molecule has 20 nitrogen and oxygen atoms in total. The van der Waals surface area contributed by atoms with Gasteiger partial charge in [-0.05, 0) is 157 Å². The number of aryl methyl sites for hydroxylation is 2. The van der Waals surface area contributed by atoms with Gasteiger partial charge in [-0.2, -0.15) is 4.98 Å². The molecule has 14 heterocycles. The lowest BCUT2D eigenvalue weighted by Gasteiger charge is -2.07. The van der Waals surface area contributed by atoms with Crippen molar-refractivity contribution in [3.8, 4) is 0 Å². The third-order valence-corrected chi connectivity index (χ3v) is 23.9. The highest BCUT2D eigenvalue weighted by molar-refractivity contribution is 7.18. The maximum absolute atomic E-state index is 5.52. The molecule has 8 aromatic carbocycles. The largest absolute Gasteiger partial charge is 0.440 e. The highest BCUT2D eigenvalue weighted by atomic mass is 32.1. The second-order valence-corrected chi connectivity index (χ2v) is 37.1. The fourth-order valence-corrected chi connectivity index (χ4v) is 15.7. The molecule has 0 saturated heterocycles. The van der Waals surface area contributed by atoms with E-state index in [1.54, 1.807) is 41.4 Å². The van der Waals surface area contributed by atoms with Crippen molar-refractivity contribution < 1.29 is 8.83 Å². The maximum Gasteiger partial charge on any atom is 0.199 e. The third-order valence-electron chi connectivity index (χ3n) is 21.3. The van der Waals surface area contributed by atoms with E-state index < -0.39 is 0 Å². The molecule has 0 fully saturated rings. The van der Waals surface area contributed by atoms with Gasteiger partial charge in [0.2, 0.25) is 0 Å². The minimum absolute atomic E-state index is 0.319. The zero-order valence-electron chi connectivity index (χ0n) is 81.2. The van der Waals surface area contributed by atoms with Crippen LogP contribution in [0.2, 0.25) is 0 Å². The Bertz CT molecular complexity index is 6510. The molecule has 14 aromatic heterocycles. The van der Waals surface area contributed by atoms with Gasteiger partial charge in [0, 0.05) is 99.9 Å². The van der Waals surface area contributed by atoms with Gasteiger partial charge in [-0.3, -0.25) is 19.9 Å². The first-order chi connectivity index (χ1) is 65.3. The Kier molecular flexibility index (Phi) is 36.6. The number of fused-ring (bicyclic) bond motifs is 11. The van der Waals surface area contributed by atoms with Gasteiger partial charge < -0.3 is 18.8 Å². The molecule has 22 aromatic rings. The van der Waals surface area contributed by atoms with Crippen LogP contribution in [0.3, 0.4) is 0 Å². The first-order valence-corrected chi connectivity index (χ1v) is 48.2. The van der Waals surface area contributed by atoms with Gasteiger partial charge >= 0.3 is 0 Å². The Balaban J connectivity index is 0.000000134. The van der Waals surface area contributed by atoms with Gasteiger partial charge in [0.05, 0.1) is 81.4 Å². The Morgan fingerprint density at radius 2 is 0.837 bits per heavy atom. The van der Waals surface area contributed by atoms with Crippen molar-refractivity contribution in [2.75, 3.05) is 0 Å². The number of aromatic nitrogens is 18. The third kappa shape index (κ3) is 28.2. The molecule has 0 amide bonds. The summed E-state index contributed by atoms with van der Waals surface area (Å²) in [7, 11) is 0. The lowest BCUT2D eigenvalue weighted by atomic mass is 10.00. The van der Waals surface area contributed by atoms with Gasteiger partial charge in [-0.1, -0.05) is 289 Å². The second-order valence-electron chi connectivity index (χ2n) is 35.0. The summed E-state index contributed by atoms with van der Waals surface area (Å²) in [5.41, 5.74) is 20.5. The average molecular weight is 1830 g/mol. The number of para-hydroxylation sites is 10. The van der Waals surface area contributed by atoms with Crippen LogP contribution in [0.15, 0.2) is 307 Å². The molecule has 690 valence electrons. The zero-order chi connectivity index (χ0) is 95.9. The molecule has 0 aliphatic rings. The smallest absolute Gasteiger partial charge is 0.199 e. The summed E-state index contributed by atoms with van der Waals surface area (Å²) in [6, 6.07) is 85.1. The van der Waals surface area contributed by atoms with Crippen molar-refractivity contribution in [3.05, 3.63) is 360 Å². The molecule has 0 bridgehead atoms. The molecular formula is C113H124N18O2S2. The van der Waals surface area contributed by atoms with Crippen molar-refractivity contribution in [2.24, 2.45) is 0 Å². The summed E-state index contributed by atoms with van der Waals surface area (Å²) in [6.45, 7) is 42.7. The number of imidazole rings is 2. The first kappa shape index (κ1) is 99.8. The van der Waals surface area contributed by atoms with Crippen LogP contribution in [-0.2, 0) is 12.8 Å². The molecule has 0 aliphatic carbocycles. The molecule has 22 rings (SSSR count). The number of benzene rings is 8. The second kappa shape index (κ2) is 49.5. The molecule has 0 aliphatic heterocycles. The number of hydrogen-bond acceptors (Lipinski definition) is 20. The van der Waals surface area contributed by atoms with E-state index >= 15 is 0 Å². The van der Waals surface area contributed by atoms with Crippen LogP contribution in [0.5, 0.6) is 0 Å². The van der Waals surface area contributed by atoms with Gasteiger partial charge in [0.15, 0.2) is 34.2 Å². The highest BCUT2D eigenvalue weighted by Gasteiger charge is 2.15. The maximum atomic E-state index is 5.52. The van der Waals surface area contributed by atoms with E-state index in [0.29, 0.717) is 58.9 Å². The Hall–Kier alpha value is -14.2. The minimum atomic E-state index is 0.319. The molecule has 0 unspecified atom stereocenters.